The van der Waals surface area contributed by atoms with E-state index in [4.69, 9.17) is 13.9 Å². The zero-order valence-corrected chi connectivity index (χ0v) is 26.8. The average molecular weight is 577 g/mol. The lowest BCUT2D eigenvalue weighted by molar-refractivity contribution is -0.203. The fourth-order valence-corrected chi connectivity index (χ4v) is 7.45. The molecule has 1 N–H and O–H groups in total. The van der Waals surface area contributed by atoms with E-state index in [1.807, 2.05) is 6.92 Å². The van der Waals surface area contributed by atoms with Crippen LogP contribution in [-0.4, -0.2) is 67.6 Å². The van der Waals surface area contributed by atoms with Crippen LogP contribution in [0, 0.1) is 5.92 Å². The van der Waals surface area contributed by atoms with Gasteiger partial charge >= 0.3 is 12.0 Å². The predicted octanol–water partition coefficient (Wildman–Crippen LogP) is 6.27. The molecule has 0 radical (unpaired) electrons. The number of hydrogen-bond donors (Lipinski definition) is 1. The Labute approximate surface area is 242 Å². The quantitative estimate of drug-likeness (QED) is 0.167. The van der Waals surface area contributed by atoms with Crippen LogP contribution in [0.15, 0.2) is 24.8 Å². The molecule has 3 heterocycles. The first-order chi connectivity index (χ1) is 18.7. The van der Waals surface area contributed by atoms with Crippen LogP contribution >= 0.6 is 0 Å². The summed E-state index contributed by atoms with van der Waals surface area (Å²) >= 11 is 0. The molecule has 0 saturated carbocycles. The second-order valence-electron chi connectivity index (χ2n) is 13.3. The minimum Gasteiger partial charge on any atom is -0.461 e. The Balaban J connectivity index is 1.62. The smallest absolute Gasteiger partial charge is 0.320 e. The van der Waals surface area contributed by atoms with Crippen molar-refractivity contribution in [2.45, 2.75) is 141 Å². The van der Waals surface area contributed by atoms with Crippen LogP contribution in [0.3, 0.4) is 0 Å². The van der Waals surface area contributed by atoms with Gasteiger partial charge in [-0.15, -0.1) is 0 Å². The summed E-state index contributed by atoms with van der Waals surface area (Å²) in [6, 6.07) is -0.845. The molecule has 8 nitrogen and oxygen atoms in total. The number of amides is 2. The van der Waals surface area contributed by atoms with Gasteiger partial charge in [0, 0.05) is 18.9 Å². The maximum absolute atomic E-state index is 13.4. The molecule has 3 fully saturated rings. The van der Waals surface area contributed by atoms with E-state index in [0.29, 0.717) is 32.1 Å². The maximum atomic E-state index is 13.4. The Morgan fingerprint density at radius 3 is 2.62 bits per heavy atom. The molecule has 226 valence electrons. The van der Waals surface area contributed by atoms with Crippen molar-refractivity contribution in [3.05, 3.63) is 24.8 Å². The van der Waals surface area contributed by atoms with Crippen LogP contribution in [0.2, 0.25) is 18.1 Å². The summed E-state index contributed by atoms with van der Waals surface area (Å²) in [7, 11) is -1.87. The molecule has 0 aromatic heterocycles. The lowest BCUT2D eigenvalue weighted by atomic mass is 9.80. The molecule has 0 bridgehead atoms. The Morgan fingerprint density at radius 1 is 1.27 bits per heavy atom. The number of carbonyl (C=O) groups is 3. The Kier molecular flexibility index (Phi) is 10.9. The predicted molar refractivity (Wildman–Crippen MR) is 159 cm³/mol. The summed E-state index contributed by atoms with van der Waals surface area (Å²) in [5.41, 5.74) is -1.07. The summed E-state index contributed by atoms with van der Waals surface area (Å²) in [4.78, 5) is 41.4. The Hall–Kier alpha value is -1.97. The van der Waals surface area contributed by atoms with Crippen molar-refractivity contribution < 1.29 is 28.3 Å². The molecule has 3 saturated heterocycles. The number of hydrogen-bond acceptors (Lipinski definition) is 6. The number of esters is 1. The SMILES string of the molecule is C=CCOC(=O)[C@@H]1[C@H]2CC[C@@H](CC(=O)CC/C=C\[C@@H](CC)O[Si](C)(C)C(C)(C)C)N2C(=O)N[C@@]12CCC[C@@H](C)O2. The number of fused-ring (bicyclic) bond motifs is 1. The Morgan fingerprint density at radius 2 is 2.00 bits per heavy atom. The molecular formula is C31H52N2O6Si. The summed E-state index contributed by atoms with van der Waals surface area (Å²) in [5.74, 6) is -0.913. The normalized spacial score (nSPS) is 29.8. The molecule has 1 spiro atoms. The highest BCUT2D eigenvalue weighted by molar-refractivity contribution is 6.74. The molecule has 9 heteroatoms. The lowest BCUT2D eigenvalue weighted by Gasteiger charge is -2.52. The number of carbonyl (C=O) groups excluding carboxylic acids is 3. The van der Waals surface area contributed by atoms with Gasteiger partial charge < -0.3 is 24.1 Å². The Bertz CT molecular complexity index is 960. The summed E-state index contributed by atoms with van der Waals surface area (Å²) in [6.07, 6.45) is 11.5. The minimum atomic E-state index is -1.87. The monoisotopic (exact) mass is 576 g/mol. The van der Waals surface area contributed by atoms with Crippen molar-refractivity contribution in [2.75, 3.05) is 6.61 Å². The molecule has 3 rings (SSSR count). The standard InChI is InChI=1S/C31H52N2O6Si/c1-9-20-37-28(35)27-26-18-17-23(33(26)29(36)32-31(27)19-13-14-22(3)38-31)21-24(34)15-11-12-16-25(10-2)39-40(7,8)30(4,5)6/h9,12,16,22-23,25-27H,1,10-11,13-15,17-21H2,2-8H3,(H,32,36)/b16-12-/t22-,23+,25-,26-,27+,31-/m1/s1. The molecule has 2 amide bonds. The molecule has 0 unspecified atom stereocenters. The summed E-state index contributed by atoms with van der Waals surface area (Å²) in [5, 5.41) is 3.19. The topological polar surface area (TPSA) is 94.2 Å². The van der Waals surface area contributed by atoms with Crippen LogP contribution in [0.5, 0.6) is 0 Å². The highest BCUT2D eigenvalue weighted by atomic mass is 28.4. The number of ether oxygens (including phenoxy) is 2. The van der Waals surface area contributed by atoms with Gasteiger partial charge in [-0.2, -0.15) is 0 Å². The van der Waals surface area contributed by atoms with Gasteiger partial charge in [-0.3, -0.25) is 9.59 Å². The second-order valence-corrected chi connectivity index (χ2v) is 18.0. The van der Waals surface area contributed by atoms with Gasteiger partial charge in [0.2, 0.25) is 0 Å². The van der Waals surface area contributed by atoms with Gasteiger partial charge in [0.15, 0.2) is 14.0 Å². The number of urea groups is 1. The van der Waals surface area contributed by atoms with Gasteiger partial charge in [0.25, 0.3) is 0 Å². The van der Waals surface area contributed by atoms with E-state index in [0.717, 1.165) is 19.3 Å². The van der Waals surface area contributed by atoms with Gasteiger partial charge in [-0.05, 0) is 70.0 Å². The first-order valence-electron chi connectivity index (χ1n) is 15.2. The third-order valence-electron chi connectivity index (χ3n) is 9.21. The molecule has 0 aromatic carbocycles. The van der Waals surface area contributed by atoms with Crippen LogP contribution in [0.1, 0.15) is 92.4 Å². The van der Waals surface area contributed by atoms with Crippen molar-refractivity contribution in [2.24, 2.45) is 5.92 Å². The van der Waals surface area contributed by atoms with Crippen molar-refractivity contribution in [3.63, 3.8) is 0 Å². The molecule has 0 aromatic rings. The van der Waals surface area contributed by atoms with Gasteiger partial charge in [0.05, 0.1) is 18.2 Å². The highest BCUT2D eigenvalue weighted by Crippen LogP contribution is 2.45. The van der Waals surface area contributed by atoms with Gasteiger partial charge in [0.1, 0.15) is 18.3 Å². The molecule has 0 aliphatic carbocycles. The van der Waals surface area contributed by atoms with E-state index in [9.17, 15) is 14.4 Å². The van der Waals surface area contributed by atoms with E-state index in [2.05, 4.69) is 64.8 Å². The van der Waals surface area contributed by atoms with Crippen molar-refractivity contribution in [3.8, 4) is 0 Å². The molecular weight excluding hydrogens is 524 g/mol. The summed E-state index contributed by atoms with van der Waals surface area (Å²) < 4.78 is 18.3. The van der Waals surface area contributed by atoms with E-state index in [1.165, 1.54) is 0 Å². The van der Waals surface area contributed by atoms with Gasteiger partial charge in [-0.25, -0.2) is 4.79 Å². The second kappa shape index (κ2) is 13.3. The minimum absolute atomic E-state index is 0.0541. The molecule has 40 heavy (non-hydrogen) atoms. The van der Waals surface area contributed by atoms with Crippen LogP contribution < -0.4 is 5.32 Å². The third kappa shape index (κ3) is 7.45. The molecule has 3 aliphatic heterocycles. The average Bonchev–Trinajstić information content (AvgIpc) is 3.26. The number of Topliss-reactive ketones (excluding diaryl/α,β-unsaturated/α-hetero) is 1. The number of allylic oxidation sites excluding steroid dienone is 1. The largest absolute Gasteiger partial charge is 0.461 e. The van der Waals surface area contributed by atoms with Crippen molar-refractivity contribution >= 4 is 26.1 Å². The van der Waals surface area contributed by atoms with Crippen molar-refractivity contribution in [1.29, 1.82) is 0 Å². The number of nitrogens with one attached hydrogen (secondary N) is 1. The molecule has 6 atom stereocenters. The van der Waals surface area contributed by atoms with E-state index >= 15 is 0 Å². The maximum Gasteiger partial charge on any atom is 0.320 e. The zero-order valence-electron chi connectivity index (χ0n) is 25.8. The van der Waals surface area contributed by atoms with Gasteiger partial charge in [-0.1, -0.05) is 52.5 Å². The number of rotatable bonds is 12. The van der Waals surface area contributed by atoms with Crippen molar-refractivity contribution in [1.82, 2.24) is 10.2 Å². The number of ketones is 1. The lowest BCUT2D eigenvalue weighted by Crippen LogP contribution is -2.72. The van der Waals surface area contributed by atoms with Crippen LogP contribution in [-0.2, 0) is 23.5 Å². The van der Waals surface area contributed by atoms with E-state index in [1.54, 1.807) is 11.0 Å². The highest BCUT2D eigenvalue weighted by Gasteiger charge is 2.60. The number of nitrogens with zero attached hydrogens (tertiary/aromatic N) is 1. The zero-order chi connectivity index (χ0) is 29.7. The van der Waals surface area contributed by atoms with E-state index in [-0.39, 0.29) is 60.1 Å². The first kappa shape index (κ1) is 32.5. The fraction of sp³-hybridized carbons (Fsp3) is 0.774. The first-order valence-corrected chi connectivity index (χ1v) is 18.1. The van der Waals surface area contributed by atoms with Crippen LogP contribution in [0.4, 0.5) is 4.79 Å². The summed E-state index contributed by atoms with van der Waals surface area (Å²) in [6.45, 7) is 19.1. The molecule has 3 aliphatic rings. The van der Waals surface area contributed by atoms with Crippen LogP contribution in [0.25, 0.3) is 0 Å². The third-order valence-corrected chi connectivity index (χ3v) is 13.7. The van der Waals surface area contributed by atoms with E-state index < -0.39 is 20.0 Å². The fourth-order valence-electron chi connectivity index (χ4n) is 6.09.